The van der Waals surface area contributed by atoms with E-state index in [0.29, 0.717) is 6.04 Å². The molecule has 0 bridgehead atoms. The van der Waals surface area contributed by atoms with Gasteiger partial charge in [-0.15, -0.1) is 0 Å². The van der Waals surface area contributed by atoms with Crippen LogP contribution < -0.4 is 0 Å². The number of benzene rings is 1. The molecule has 0 radical (unpaired) electrons. The molecule has 0 N–H and O–H groups in total. The van der Waals surface area contributed by atoms with Crippen LogP contribution in [-0.2, 0) is 4.74 Å². The van der Waals surface area contributed by atoms with Crippen LogP contribution in [0.3, 0.4) is 0 Å². The molecule has 1 aliphatic heterocycles. The summed E-state index contributed by atoms with van der Waals surface area (Å²) in [4.78, 5) is 6.83. The fourth-order valence-corrected chi connectivity index (χ4v) is 3.30. The molecule has 1 saturated heterocycles. The highest BCUT2D eigenvalue weighted by Gasteiger charge is 2.17. The molecule has 6 heteroatoms. The Bertz CT molecular complexity index is 804. The van der Waals surface area contributed by atoms with Gasteiger partial charge in [0.05, 0.1) is 43.3 Å². The Labute approximate surface area is 147 Å². The van der Waals surface area contributed by atoms with E-state index < -0.39 is 0 Å². The van der Waals surface area contributed by atoms with Crippen LogP contribution in [-0.4, -0.2) is 57.1 Å². The third-order valence-corrected chi connectivity index (χ3v) is 4.67. The quantitative estimate of drug-likeness (QED) is 0.718. The minimum absolute atomic E-state index is 0.343. The van der Waals surface area contributed by atoms with Crippen LogP contribution >= 0.6 is 0 Å². The maximum Gasteiger partial charge on any atom is 0.0953 e. The molecule has 0 aliphatic carbocycles. The van der Waals surface area contributed by atoms with Gasteiger partial charge in [0.1, 0.15) is 0 Å². The van der Waals surface area contributed by atoms with Crippen LogP contribution in [0.2, 0.25) is 0 Å². The fourth-order valence-electron chi connectivity index (χ4n) is 3.30. The lowest BCUT2D eigenvalue weighted by atomic mass is 10.2. The largest absolute Gasteiger partial charge is 0.379 e. The zero-order valence-corrected chi connectivity index (χ0v) is 14.5. The first-order valence-corrected chi connectivity index (χ1v) is 8.73. The van der Waals surface area contributed by atoms with Crippen molar-refractivity contribution in [3.8, 4) is 16.9 Å². The van der Waals surface area contributed by atoms with Crippen LogP contribution in [0.5, 0.6) is 0 Å². The molecule has 25 heavy (non-hydrogen) atoms. The second-order valence-electron chi connectivity index (χ2n) is 6.46. The van der Waals surface area contributed by atoms with Gasteiger partial charge in [0.25, 0.3) is 0 Å². The summed E-state index contributed by atoms with van der Waals surface area (Å²) in [6, 6.07) is 10.5. The number of ether oxygens (including phenoxy) is 1. The zero-order chi connectivity index (χ0) is 17.1. The molecule has 1 unspecified atom stereocenters. The Kier molecular flexibility index (Phi) is 4.63. The number of nitrogens with zero attached hydrogens (tertiary/aromatic N) is 5. The van der Waals surface area contributed by atoms with Crippen molar-refractivity contribution in [3.05, 3.63) is 55.2 Å². The van der Waals surface area contributed by atoms with Gasteiger partial charge in [0.2, 0.25) is 0 Å². The third-order valence-electron chi connectivity index (χ3n) is 4.67. The molecule has 1 aliphatic rings. The summed E-state index contributed by atoms with van der Waals surface area (Å²) in [6.07, 6.45) is 7.80. The van der Waals surface area contributed by atoms with Crippen molar-refractivity contribution in [2.75, 3.05) is 32.8 Å². The lowest BCUT2D eigenvalue weighted by molar-refractivity contribution is 0.0326. The summed E-state index contributed by atoms with van der Waals surface area (Å²) in [5.41, 5.74) is 3.24. The van der Waals surface area contributed by atoms with E-state index >= 15 is 0 Å². The molecule has 0 spiro atoms. The summed E-state index contributed by atoms with van der Waals surface area (Å²) in [6.45, 7) is 6.89. The van der Waals surface area contributed by atoms with Gasteiger partial charge in [0.15, 0.2) is 0 Å². The van der Waals surface area contributed by atoms with E-state index in [4.69, 9.17) is 4.74 Å². The molecule has 0 saturated carbocycles. The first kappa shape index (κ1) is 16.1. The van der Waals surface area contributed by atoms with Crippen molar-refractivity contribution in [1.29, 1.82) is 0 Å². The molecule has 6 nitrogen and oxygen atoms in total. The average Bonchev–Trinajstić information content (AvgIpc) is 3.32. The van der Waals surface area contributed by atoms with Gasteiger partial charge in [-0.1, -0.05) is 18.2 Å². The summed E-state index contributed by atoms with van der Waals surface area (Å²) in [7, 11) is 0. The summed E-state index contributed by atoms with van der Waals surface area (Å²) in [5.74, 6) is 0. The number of hydrogen-bond acceptors (Lipinski definition) is 4. The predicted octanol–water partition coefficient (Wildman–Crippen LogP) is 2.63. The zero-order valence-electron chi connectivity index (χ0n) is 14.5. The van der Waals surface area contributed by atoms with E-state index in [9.17, 15) is 0 Å². The Morgan fingerprint density at radius 3 is 2.72 bits per heavy atom. The Balaban J connectivity index is 1.54. The second kappa shape index (κ2) is 7.21. The third kappa shape index (κ3) is 3.50. The molecule has 1 atom stereocenters. The smallest absolute Gasteiger partial charge is 0.0953 e. The van der Waals surface area contributed by atoms with Crippen molar-refractivity contribution < 1.29 is 4.74 Å². The highest BCUT2D eigenvalue weighted by molar-refractivity contribution is 5.57. The standard InChI is InChI=1S/C19H23N5O/c1-16(13-22-7-9-25-10-8-22)23-15-20-12-19(23)17-11-21-24(14-17)18-5-3-2-4-6-18/h2-6,11-12,14-16H,7-10,13H2,1H3. The highest BCUT2D eigenvalue weighted by atomic mass is 16.5. The molecule has 3 aromatic rings. The number of rotatable bonds is 5. The van der Waals surface area contributed by atoms with Crippen LogP contribution in [0, 0.1) is 0 Å². The van der Waals surface area contributed by atoms with Crippen molar-refractivity contribution in [3.63, 3.8) is 0 Å². The van der Waals surface area contributed by atoms with Crippen molar-refractivity contribution >= 4 is 0 Å². The fraction of sp³-hybridized carbons (Fsp3) is 0.368. The number of imidazole rings is 1. The SMILES string of the molecule is CC(CN1CCOCC1)n1cncc1-c1cnn(-c2ccccc2)c1. The molecular weight excluding hydrogens is 314 g/mol. The lowest BCUT2D eigenvalue weighted by Crippen LogP contribution is -2.39. The van der Waals surface area contributed by atoms with E-state index in [1.54, 1.807) is 0 Å². The van der Waals surface area contributed by atoms with Crippen molar-refractivity contribution in [2.24, 2.45) is 0 Å². The van der Waals surface area contributed by atoms with Gasteiger partial charge in [-0.05, 0) is 19.1 Å². The van der Waals surface area contributed by atoms with Gasteiger partial charge in [0, 0.05) is 37.4 Å². The molecule has 1 aromatic carbocycles. The predicted molar refractivity (Wildman–Crippen MR) is 96.8 cm³/mol. The van der Waals surface area contributed by atoms with Crippen LogP contribution in [0.25, 0.3) is 16.9 Å². The van der Waals surface area contributed by atoms with Gasteiger partial charge < -0.3 is 9.30 Å². The number of aromatic nitrogens is 4. The first-order chi connectivity index (χ1) is 12.3. The van der Waals surface area contributed by atoms with E-state index in [2.05, 4.69) is 44.8 Å². The molecular formula is C19H23N5O. The van der Waals surface area contributed by atoms with Gasteiger partial charge in [-0.3, -0.25) is 4.90 Å². The lowest BCUT2D eigenvalue weighted by Gasteiger charge is -2.30. The van der Waals surface area contributed by atoms with Gasteiger partial charge >= 0.3 is 0 Å². The number of morpholine rings is 1. The Hall–Kier alpha value is -2.44. The van der Waals surface area contributed by atoms with Crippen LogP contribution in [0.1, 0.15) is 13.0 Å². The number of hydrogen-bond donors (Lipinski definition) is 0. The maximum atomic E-state index is 5.44. The van der Waals surface area contributed by atoms with E-state index in [1.165, 1.54) is 0 Å². The molecule has 3 heterocycles. The van der Waals surface area contributed by atoms with Gasteiger partial charge in [-0.2, -0.15) is 5.10 Å². The number of para-hydroxylation sites is 1. The molecule has 2 aromatic heterocycles. The van der Waals surface area contributed by atoms with Crippen LogP contribution in [0.4, 0.5) is 0 Å². The summed E-state index contributed by atoms with van der Waals surface area (Å²) < 4.78 is 9.58. The van der Waals surface area contributed by atoms with Gasteiger partial charge in [-0.25, -0.2) is 9.67 Å². The Morgan fingerprint density at radius 2 is 1.92 bits per heavy atom. The topological polar surface area (TPSA) is 48.1 Å². The van der Waals surface area contributed by atoms with Crippen LogP contribution in [0.15, 0.2) is 55.2 Å². The molecule has 1 fully saturated rings. The molecule has 0 amide bonds. The average molecular weight is 337 g/mol. The molecule has 130 valence electrons. The van der Waals surface area contributed by atoms with E-state index in [1.807, 2.05) is 41.6 Å². The molecule has 4 rings (SSSR count). The van der Waals surface area contributed by atoms with Crippen molar-refractivity contribution in [1.82, 2.24) is 24.2 Å². The summed E-state index contributed by atoms with van der Waals surface area (Å²) >= 11 is 0. The van der Waals surface area contributed by atoms with Crippen molar-refractivity contribution in [2.45, 2.75) is 13.0 Å². The normalized spacial score (nSPS) is 16.8. The minimum atomic E-state index is 0.343. The monoisotopic (exact) mass is 337 g/mol. The second-order valence-corrected chi connectivity index (χ2v) is 6.46. The van der Waals surface area contributed by atoms with E-state index in [0.717, 1.165) is 49.8 Å². The first-order valence-electron chi connectivity index (χ1n) is 8.73. The summed E-state index contributed by atoms with van der Waals surface area (Å²) in [5, 5.41) is 4.51. The van der Waals surface area contributed by atoms with E-state index in [-0.39, 0.29) is 0 Å². The Morgan fingerprint density at radius 1 is 1.12 bits per heavy atom. The highest BCUT2D eigenvalue weighted by Crippen LogP contribution is 2.23. The minimum Gasteiger partial charge on any atom is -0.379 e. The maximum absolute atomic E-state index is 5.44.